The highest BCUT2D eigenvalue weighted by molar-refractivity contribution is 5.78. The number of hydrogen-bond donors (Lipinski definition) is 2. The van der Waals surface area contributed by atoms with Crippen LogP contribution >= 0.6 is 0 Å². The van der Waals surface area contributed by atoms with E-state index in [1.165, 1.54) is 19.8 Å². The quantitative estimate of drug-likeness (QED) is 0.714. The van der Waals surface area contributed by atoms with Crippen LogP contribution in [0.1, 0.15) is 38.8 Å². The Morgan fingerprint density at radius 3 is 2.29 bits per heavy atom. The van der Waals surface area contributed by atoms with Crippen molar-refractivity contribution in [3.8, 4) is 0 Å². The van der Waals surface area contributed by atoms with Crippen LogP contribution in [0.15, 0.2) is 30.3 Å². The van der Waals surface area contributed by atoms with Crippen LogP contribution in [0.25, 0.3) is 0 Å². The van der Waals surface area contributed by atoms with Gasteiger partial charge in [-0.15, -0.1) is 0 Å². The molecule has 0 aliphatic rings. The third kappa shape index (κ3) is 5.53. The Balaban J connectivity index is 2.68. The van der Waals surface area contributed by atoms with Gasteiger partial charge in [0, 0.05) is 12.1 Å². The second-order valence-corrected chi connectivity index (χ2v) is 6.28. The predicted molar refractivity (Wildman–Crippen MR) is 92.6 cm³/mol. The molecule has 1 aromatic carbocycles. The standard InChI is InChI=1S/C18H28N2O4/c1-13(14-9-7-6-8-10-14)19-12-11-15(20-17(22)24-5)18(2,3)16(21)23-4/h6-10,13,15,19H,11-12H2,1-5H3,(H,20,22)/t13-,15+/m1/s1. The van der Waals surface area contributed by atoms with Crippen LogP contribution in [-0.2, 0) is 14.3 Å². The molecule has 0 aromatic heterocycles. The van der Waals surface area contributed by atoms with Crippen LogP contribution in [0, 0.1) is 5.41 Å². The minimum absolute atomic E-state index is 0.172. The molecule has 0 saturated carbocycles. The summed E-state index contributed by atoms with van der Waals surface area (Å²) in [5.41, 5.74) is 0.322. The van der Waals surface area contributed by atoms with Crippen LogP contribution in [-0.4, -0.2) is 38.9 Å². The van der Waals surface area contributed by atoms with Gasteiger partial charge in [-0.05, 0) is 39.3 Å². The Labute approximate surface area is 143 Å². The molecule has 0 spiro atoms. The van der Waals surface area contributed by atoms with Gasteiger partial charge in [0.15, 0.2) is 0 Å². The zero-order chi connectivity index (χ0) is 18.2. The van der Waals surface area contributed by atoms with Crippen molar-refractivity contribution in [2.75, 3.05) is 20.8 Å². The van der Waals surface area contributed by atoms with Crippen molar-refractivity contribution < 1.29 is 19.1 Å². The zero-order valence-electron chi connectivity index (χ0n) is 15.1. The van der Waals surface area contributed by atoms with Crippen LogP contribution < -0.4 is 10.6 Å². The first-order chi connectivity index (χ1) is 11.3. The molecule has 2 atom stereocenters. The van der Waals surface area contributed by atoms with E-state index >= 15 is 0 Å². The fourth-order valence-corrected chi connectivity index (χ4v) is 2.52. The average molecular weight is 336 g/mol. The third-order valence-corrected chi connectivity index (χ3v) is 4.24. The van der Waals surface area contributed by atoms with E-state index in [0.717, 1.165) is 0 Å². The summed E-state index contributed by atoms with van der Waals surface area (Å²) in [7, 11) is 2.64. The zero-order valence-corrected chi connectivity index (χ0v) is 15.1. The van der Waals surface area contributed by atoms with Crippen LogP contribution in [0.5, 0.6) is 0 Å². The molecule has 1 aromatic rings. The maximum Gasteiger partial charge on any atom is 0.407 e. The molecule has 0 radical (unpaired) electrons. The van der Waals surface area contributed by atoms with Crippen molar-refractivity contribution in [3.63, 3.8) is 0 Å². The first-order valence-electron chi connectivity index (χ1n) is 8.04. The van der Waals surface area contributed by atoms with E-state index < -0.39 is 17.6 Å². The summed E-state index contributed by atoms with van der Waals surface area (Å²) in [6.07, 6.45) is 0.00191. The maximum atomic E-state index is 12.0. The summed E-state index contributed by atoms with van der Waals surface area (Å²) in [4.78, 5) is 23.6. The summed E-state index contributed by atoms with van der Waals surface area (Å²) in [5.74, 6) is -0.375. The van der Waals surface area contributed by atoms with E-state index in [2.05, 4.69) is 34.4 Å². The summed E-state index contributed by atoms with van der Waals surface area (Å²) in [6.45, 7) is 6.20. The Morgan fingerprint density at radius 1 is 1.12 bits per heavy atom. The summed E-state index contributed by atoms with van der Waals surface area (Å²) < 4.78 is 9.52. The first kappa shape index (κ1) is 20.0. The van der Waals surface area contributed by atoms with Gasteiger partial charge in [0.1, 0.15) is 0 Å². The normalized spacial score (nSPS) is 13.7. The molecule has 6 heteroatoms. The number of carbonyl (C=O) groups is 2. The van der Waals surface area contributed by atoms with E-state index in [4.69, 9.17) is 4.74 Å². The van der Waals surface area contributed by atoms with E-state index in [0.29, 0.717) is 13.0 Å². The molecule has 1 amide bonds. The van der Waals surface area contributed by atoms with E-state index in [1.807, 2.05) is 18.2 Å². The van der Waals surface area contributed by atoms with Crippen LogP contribution in [0.3, 0.4) is 0 Å². The van der Waals surface area contributed by atoms with E-state index in [-0.39, 0.29) is 12.0 Å². The van der Waals surface area contributed by atoms with Crippen molar-refractivity contribution in [2.45, 2.75) is 39.3 Å². The lowest BCUT2D eigenvalue weighted by Crippen LogP contribution is -2.50. The highest BCUT2D eigenvalue weighted by Gasteiger charge is 2.38. The van der Waals surface area contributed by atoms with Crippen molar-refractivity contribution in [1.82, 2.24) is 10.6 Å². The van der Waals surface area contributed by atoms with Gasteiger partial charge < -0.3 is 20.1 Å². The molecule has 0 aliphatic heterocycles. The number of alkyl carbamates (subject to hydrolysis) is 1. The van der Waals surface area contributed by atoms with Crippen molar-refractivity contribution in [1.29, 1.82) is 0 Å². The SMILES string of the molecule is COC(=O)N[C@@H](CCN[C@H](C)c1ccccc1)C(C)(C)C(=O)OC. The lowest BCUT2D eigenvalue weighted by atomic mass is 9.82. The van der Waals surface area contributed by atoms with Gasteiger partial charge in [0.05, 0.1) is 19.6 Å². The minimum Gasteiger partial charge on any atom is -0.469 e. The highest BCUT2D eigenvalue weighted by atomic mass is 16.5. The Morgan fingerprint density at radius 2 is 1.75 bits per heavy atom. The lowest BCUT2D eigenvalue weighted by molar-refractivity contribution is -0.152. The number of esters is 1. The number of rotatable bonds is 8. The van der Waals surface area contributed by atoms with E-state index in [9.17, 15) is 9.59 Å². The smallest absolute Gasteiger partial charge is 0.407 e. The van der Waals surface area contributed by atoms with Crippen molar-refractivity contribution in [2.24, 2.45) is 5.41 Å². The molecule has 0 bridgehead atoms. The molecule has 0 saturated heterocycles. The average Bonchev–Trinajstić information content (AvgIpc) is 2.60. The second kappa shape index (κ2) is 9.27. The monoisotopic (exact) mass is 336 g/mol. The Hall–Kier alpha value is -2.08. The van der Waals surface area contributed by atoms with Gasteiger partial charge in [0.2, 0.25) is 0 Å². The van der Waals surface area contributed by atoms with Crippen LogP contribution in [0.4, 0.5) is 4.79 Å². The second-order valence-electron chi connectivity index (χ2n) is 6.28. The number of methoxy groups -OCH3 is 2. The Bertz CT molecular complexity index is 531. The molecule has 2 N–H and O–H groups in total. The highest BCUT2D eigenvalue weighted by Crippen LogP contribution is 2.25. The number of ether oxygens (including phenoxy) is 2. The van der Waals surface area contributed by atoms with Gasteiger partial charge in [0.25, 0.3) is 0 Å². The largest absolute Gasteiger partial charge is 0.469 e. The van der Waals surface area contributed by atoms with Gasteiger partial charge >= 0.3 is 12.1 Å². The molecule has 134 valence electrons. The number of benzene rings is 1. The number of carbonyl (C=O) groups excluding carboxylic acids is 2. The molecule has 1 rings (SSSR count). The molecular formula is C18H28N2O4. The molecule has 6 nitrogen and oxygen atoms in total. The summed E-state index contributed by atoms with van der Waals surface area (Å²) in [5, 5.41) is 6.14. The lowest BCUT2D eigenvalue weighted by Gasteiger charge is -2.32. The summed E-state index contributed by atoms with van der Waals surface area (Å²) in [6, 6.07) is 9.84. The van der Waals surface area contributed by atoms with Gasteiger partial charge in [-0.1, -0.05) is 30.3 Å². The van der Waals surface area contributed by atoms with Gasteiger partial charge in [-0.2, -0.15) is 0 Å². The molecule has 0 aliphatic carbocycles. The third-order valence-electron chi connectivity index (χ3n) is 4.24. The summed E-state index contributed by atoms with van der Waals surface area (Å²) >= 11 is 0. The number of nitrogens with one attached hydrogen (secondary N) is 2. The molecule has 0 fully saturated rings. The topological polar surface area (TPSA) is 76.7 Å². The van der Waals surface area contributed by atoms with Crippen LogP contribution in [0.2, 0.25) is 0 Å². The first-order valence-corrected chi connectivity index (χ1v) is 8.04. The van der Waals surface area contributed by atoms with Gasteiger partial charge in [-0.25, -0.2) is 4.79 Å². The predicted octanol–water partition coefficient (Wildman–Crippen LogP) is 2.65. The maximum absolute atomic E-state index is 12.0. The number of hydrogen-bond acceptors (Lipinski definition) is 5. The molecular weight excluding hydrogens is 308 g/mol. The van der Waals surface area contributed by atoms with Gasteiger partial charge in [-0.3, -0.25) is 4.79 Å². The number of amides is 1. The molecule has 0 unspecified atom stereocenters. The molecule has 0 heterocycles. The van der Waals surface area contributed by atoms with Crippen molar-refractivity contribution >= 4 is 12.1 Å². The fourth-order valence-electron chi connectivity index (χ4n) is 2.52. The minimum atomic E-state index is -0.861. The molecule has 24 heavy (non-hydrogen) atoms. The fraction of sp³-hybridized carbons (Fsp3) is 0.556. The van der Waals surface area contributed by atoms with Crippen molar-refractivity contribution in [3.05, 3.63) is 35.9 Å². The Kier molecular flexibility index (Phi) is 7.71. The van der Waals surface area contributed by atoms with E-state index in [1.54, 1.807) is 13.8 Å².